The maximum absolute atomic E-state index is 12.7. The van der Waals surface area contributed by atoms with Gasteiger partial charge >= 0.3 is 5.97 Å². The summed E-state index contributed by atoms with van der Waals surface area (Å²) in [5.74, 6) is -0.995. The Morgan fingerprint density at radius 3 is 2.37 bits per heavy atom. The maximum atomic E-state index is 12.7. The molecule has 1 amide bonds. The zero-order valence-electron chi connectivity index (χ0n) is 17.1. The molecule has 1 fully saturated rings. The Morgan fingerprint density at radius 2 is 1.73 bits per heavy atom. The predicted octanol–water partition coefficient (Wildman–Crippen LogP) is 2.79. The summed E-state index contributed by atoms with van der Waals surface area (Å²) in [6, 6.07) is 14.4. The quantitative estimate of drug-likeness (QED) is 0.412. The Labute approximate surface area is 175 Å². The Balaban J connectivity index is 1.54. The van der Waals surface area contributed by atoms with E-state index in [2.05, 4.69) is 17.0 Å². The van der Waals surface area contributed by atoms with Crippen molar-refractivity contribution in [2.45, 2.75) is 26.5 Å². The van der Waals surface area contributed by atoms with Crippen LogP contribution in [0.15, 0.2) is 48.5 Å². The van der Waals surface area contributed by atoms with Crippen LogP contribution in [-0.2, 0) is 16.1 Å². The molecule has 3 rings (SSSR count). The molecule has 0 N–H and O–H groups in total. The van der Waals surface area contributed by atoms with Crippen molar-refractivity contribution in [3.63, 3.8) is 0 Å². The fraction of sp³-hybridized carbons (Fsp3) is 0.364. The van der Waals surface area contributed by atoms with E-state index in [0.29, 0.717) is 13.1 Å². The number of nitro benzene ring substituents is 1. The molecule has 1 atom stereocenters. The van der Waals surface area contributed by atoms with E-state index >= 15 is 0 Å². The van der Waals surface area contributed by atoms with Gasteiger partial charge in [0, 0.05) is 44.4 Å². The molecule has 0 saturated carbocycles. The molecule has 0 radical (unpaired) electrons. The topological polar surface area (TPSA) is 93.0 Å². The number of benzene rings is 2. The van der Waals surface area contributed by atoms with E-state index < -0.39 is 17.0 Å². The number of hydrogen-bond donors (Lipinski definition) is 0. The van der Waals surface area contributed by atoms with Gasteiger partial charge in [-0.3, -0.25) is 19.8 Å². The zero-order chi connectivity index (χ0) is 21.7. The molecule has 8 nitrogen and oxygen atoms in total. The molecule has 1 saturated heterocycles. The first kappa shape index (κ1) is 21.4. The molecule has 1 unspecified atom stereocenters. The lowest BCUT2D eigenvalue weighted by Gasteiger charge is -2.35. The first-order chi connectivity index (χ1) is 14.4. The third-order valence-corrected chi connectivity index (χ3v) is 5.29. The van der Waals surface area contributed by atoms with Crippen molar-refractivity contribution < 1.29 is 19.2 Å². The second-order valence-corrected chi connectivity index (χ2v) is 7.34. The van der Waals surface area contributed by atoms with Crippen LogP contribution in [0.25, 0.3) is 0 Å². The molecular weight excluding hydrogens is 386 g/mol. The molecule has 1 aliphatic heterocycles. The van der Waals surface area contributed by atoms with Gasteiger partial charge in [-0.1, -0.05) is 36.4 Å². The minimum absolute atomic E-state index is 0.0940. The Kier molecular flexibility index (Phi) is 6.79. The molecular formula is C22H25N3O5. The minimum Gasteiger partial charge on any atom is -0.449 e. The normalized spacial score (nSPS) is 15.5. The third-order valence-electron chi connectivity index (χ3n) is 5.29. The molecule has 0 spiro atoms. The highest BCUT2D eigenvalue weighted by molar-refractivity contribution is 5.94. The van der Waals surface area contributed by atoms with Gasteiger partial charge < -0.3 is 9.64 Å². The molecule has 1 aliphatic rings. The van der Waals surface area contributed by atoms with Crippen molar-refractivity contribution in [2.24, 2.45) is 0 Å². The second-order valence-electron chi connectivity index (χ2n) is 7.34. The Bertz CT molecular complexity index is 924. The summed E-state index contributed by atoms with van der Waals surface area (Å²) in [5, 5.41) is 11.1. The summed E-state index contributed by atoms with van der Waals surface area (Å²) in [6.07, 6.45) is -0.961. The Hall–Kier alpha value is -3.26. The SMILES string of the molecule is Cc1c(C(=O)OC(C)C(=O)N2CCN(Cc3ccccc3)CC2)cccc1[N+](=O)[O-]. The summed E-state index contributed by atoms with van der Waals surface area (Å²) < 4.78 is 5.32. The van der Waals surface area contributed by atoms with Crippen molar-refractivity contribution in [1.29, 1.82) is 0 Å². The van der Waals surface area contributed by atoms with Crippen LogP contribution >= 0.6 is 0 Å². The van der Waals surface area contributed by atoms with Crippen molar-refractivity contribution in [2.75, 3.05) is 26.2 Å². The van der Waals surface area contributed by atoms with E-state index in [1.54, 1.807) is 4.90 Å². The highest BCUT2D eigenvalue weighted by Crippen LogP contribution is 2.22. The van der Waals surface area contributed by atoms with Gasteiger partial charge in [-0.05, 0) is 25.5 Å². The Morgan fingerprint density at radius 1 is 1.07 bits per heavy atom. The van der Waals surface area contributed by atoms with Gasteiger partial charge in [0.2, 0.25) is 0 Å². The summed E-state index contributed by atoms with van der Waals surface area (Å²) in [7, 11) is 0. The van der Waals surface area contributed by atoms with Crippen LogP contribution in [0.2, 0.25) is 0 Å². The summed E-state index contributed by atoms with van der Waals surface area (Å²) in [5.41, 5.74) is 1.39. The van der Waals surface area contributed by atoms with E-state index in [1.807, 2.05) is 18.2 Å². The molecule has 158 valence electrons. The van der Waals surface area contributed by atoms with Crippen LogP contribution in [0.4, 0.5) is 5.69 Å². The lowest BCUT2D eigenvalue weighted by atomic mass is 10.1. The highest BCUT2D eigenvalue weighted by atomic mass is 16.6. The van der Waals surface area contributed by atoms with Crippen LogP contribution in [-0.4, -0.2) is 58.9 Å². The van der Waals surface area contributed by atoms with E-state index in [4.69, 9.17) is 4.74 Å². The average molecular weight is 411 g/mol. The van der Waals surface area contributed by atoms with Crippen LogP contribution in [0.3, 0.4) is 0 Å². The van der Waals surface area contributed by atoms with Crippen molar-refractivity contribution in [3.8, 4) is 0 Å². The van der Waals surface area contributed by atoms with Gasteiger partial charge in [0.15, 0.2) is 6.10 Å². The van der Waals surface area contributed by atoms with Gasteiger partial charge in [0.05, 0.1) is 10.5 Å². The van der Waals surface area contributed by atoms with Gasteiger partial charge in [-0.2, -0.15) is 0 Å². The smallest absolute Gasteiger partial charge is 0.339 e. The molecule has 2 aromatic carbocycles. The number of carbonyl (C=O) groups is 2. The zero-order valence-corrected chi connectivity index (χ0v) is 17.1. The summed E-state index contributed by atoms with van der Waals surface area (Å²) in [6.45, 7) is 6.46. The number of esters is 1. The van der Waals surface area contributed by atoms with E-state index in [0.717, 1.165) is 19.6 Å². The molecule has 1 heterocycles. The number of carbonyl (C=O) groups excluding carboxylic acids is 2. The standard InChI is InChI=1S/C22H25N3O5/c1-16-19(9-6-10-20(16)25(28)29)22(27)30-17(2)21(26)24-13-11-23(12-14-24)15-18-7-4-3-5-8-18/h3-10,17H,11-15H2,1-2H3. The van der Waals surface area contributed by atoms with Crippen molar-refractivity contribution >= 4 is 17.6 Å². The number of nitro groups is 1. The largest absolute Gasteiger partial charge is 0.449 e. The highest BCUT2D eigenvalue weighted by Gasteiger charge is 2.28. The fourth-order valence-electron chi connectivity index (χ4n) is 3.54. The predicted molar refractivity (Wildman–Crippen MR) is 111 cm³/mol. The molecule has 2 aromatic rings. The number of rotatable bonds is 6. The minimum atomic E-state index is -0.961. The monoisotopic (exact) mass is 411 g/mol. The van der Waals surface area contributed by atoms with Gasteiger partial charge in [-0.25, -0.2) is 4.79 Å². The van der Waals surface area contributed by atoms with Crippen LogP contribution in [0.5, 0.6) is 0 Å². The van der Waals surface area contributed by atoms with Crippen molar-refractivity contribution in [3.05, 3.63) is 75.3 Å². The second kappa shape index (κ2) is 9.49. The number of piperazine rings is 1. The number of nitrogens with zero attached hydrogens (tertiary/aromatic N) is 3. The van der Waals surface area contributed by atoms with E-state index in [-0.39, 0.29) is 22.7 Å². The lowest BCUT2D eigenvalue weighted by Crippen LogP contribution is -2.51. The van der Waals surface area contributed by atoms with E-state index in [1.165, 1.54) is 37.6 Å². The molecule has 30 heavy (non-hydrogen) atoms. The van der Waals surface area contributed by atoms with Crippen LogP contribution in [0.1, 0.15) is 28.4 Å². The lowest BCUT2D eigenvalue weighted by molar-refractivity contribution is -0.385. The summed E-state index contributed by atoms with van der Waals surface area (Å²) >= 11 is 0. The molecule has 0 bridgehead atoms. The fourth-order valence-corrected chi connectivity index (χ4v) is 3.54. The molecule has 0 aromatic heterocycles. The third kappa shape index (κ3) is 5.01. The number of ether oxygens (including phenoxy) is 1. The first-order valence-electron chi connectivity index (χ1n) is 9.87. The van der Waals surface area contributed by atoms with Crippen LogP contribution in [0, 0.1) is 17.0 Å². The van der Waals surface area contributed by atoms with Crippen molar-refractivity contribution in [1.82, 2.24) is 9.80 Å². The summed E-state index contributed by atoms with van der Waals surface area (Å²) in [4.78, 5) is 39.7. The van der Waals surface area contributed by atoms with Gasteiger partial charge in [-0.15, -0.1) is 0 Å². The number of amides is 1. The number of hydrogen-bond acceptors (Lipinski definition) is 6. The van der Waals surface area contributed by atoms with Crippen LogP contribution < -0.4 is 0 Å². The molecule has 8 heteroatoms. The average Bonchev–Trinajstić information content (AvgIpc) is 2.74. The van der Waals surface area contributed by atoms with Gasteiger partial charge in [0.25, 0.3) is 11.6 Å². The van der Waals surface area contributed by atoms with E-state index in [9.17, 15) is 19.7 Å². The van der Waals surface area contributed by atoms with Gasteiger partial charge in [0.1, 0.15) is 0 Å². The maximum Gasteiger partial charge on any atom is 0.339 e. The first-order valence-corrected chi connectivity index (χ1v) is 9.87. The molecule has 0 aliphatic carbocycles.